The number of methoxy groups -OCH3 is 1. The van der Waals surface area contributed by atoms with Gasteiger partial charge in [0, 0.05) is 31.7 Å². The van der Waals surface area contributed by atoms with Crippen molar-refractivity contribution in [3.8, 4) is 0 Å². The molecule has 1 rings (SSSR count). The molecule has 8 heteroatoms. The molecule has 0 saturated carbocycles. The van der Waals surface area contributed by atoms with Crippen LogP contribution in [-0.4, -0.2) is 63.6 Å². The summed E-state index contributed by atoms with van der Waals surface area (Å²) in [5.74, 6) is 0.421. The predicted octanol–water partition coefficient (Wildman–Crippen LogP) is 0.512. The fraction of sp³-hybridized carbons (Fsp3) is 0.857. The second-order valence-electron chi connectivity index (χ2n) is 5.22. The molecule has 22 heavy (non-hydrogen) atoms. The molecular formula is C14H28IN3O4. The summed E-state index contributed by atoms with van der Waals surface area (Å²) in [6, 6.07) is 0. The summed E-state index contributed by atoms with van der Waals surface area (Å²) in [4.78, 5) is 15.6. The van der Waals surface area contributed by atoms with Crippen LogP contribution in [-0.2, 0) is 14.3 Å². The van der Waals surface area contributed by atoms with Gasteiger partial charge in [0.1, 0.15) is 0 Å². The van der Waals surface area contributed by atoms with Crippen LogP contribution >= 0.6 is 24.0 Å². The van der Waals surface area contributed by atoms with Gasteiger partial charge in [-0.3, -0.25) is 9.79 Å². The van der Waals surface area contributed by atoms with Gasteiger partial charge in [0.05, 0.1) is 26.7 Å². The van der Waals surface area contributed by atoms with Gasteiger partial charge >= 0.3 is 5.97 Å². The number of aliphatic imine (C=N–C) groups is 1. The molecule has 1 aliphatic heterocycles. The molecule has 1 heterocycles. The Kier molecular flexibility index (Phi) is 11.6. The first kappa shape index (κ1) is 21.4. The molecule has 0 aromatic rings. The van der Waals surface area contributed by atoms with Crippen molar-refractivity contribution in [2.45, 2.75) is 26.2 Å². The maximum absolute atomic E-state index is 11.1. The second kappa shape index (κ2) is 11.9. The van der Waals surface area contributed by atoms with E-state index in [9.17, 15) is 9.90 Å². The van der Waals surface area contributed by atoms with E-state index in [1.807, 2.05) is 6.92 Å². The third-order valence-electron chi connectivity index (χ3n) is 3.59. The maximum atomic E-state index is 11.1. The normalized spacial score (nSPS) is 21.1. The van der Waals surface area contributed by atoms with Gasteiger partial charge in [-0.1, -0.05) is 0 Å². The van der Waals surface area contributed by atoms with Gasteiger partial charge in [-0.05, 0) is 19.8 Å². The average Bonchev–Trinajstić information content (AvgIpc) is 2.94. The van der Waals surface area contributed by atoms with Crippen molar-refractivity contribution in [1.29, 1.82) is 0 Å². The van der Waals surface area contributed by atoms with E-state index in [0.717, 1.165) is 19.6 Å². The van der Waals surface area contributed by atoms with E-state index in [2.05, 4.69) is 20.4 Å². The molecule has 0 amide bonds. The lowest BCUT2D eigenvalue weighted by molar-refractivity contribution is -0.140. The van der Waals surface area contributed by atoms with Crippen LogP contribution in [0.15, 0.2) is 4.99 Å². The number of guanidine groups is 1. The molecular weight excluding hydrogens is 401 g/mol. The van der Waals surface area contributed by atoms with Crippen LogP contribution in [0, 0.1) is 5.41 Å². The lowest BCUT2D eigenvalue weighted by Crippen LogP contribution is -2.39. The van der Waals surface area contributed by atoms with Crippen molar-refractivity contribution in [2.75, 3.05) is 46.6 Å². The molecule has 0 aromatic carbocycles. The minimum Gasteiger partial charge on any atom is -0.469 e. The van der Waals surface area contributed by atoms with Crippen LogP contribution in [0.3, 0.4) is 0 Å². The van der Waals surface area contributed by atoms with Crippen molar-refractivity contribution in [3.05, 3.63) is 0 Å². The topological polar surface area (TPSA) is 92.2 Å². The third-order valence-corrected chi connectivity index (χ3v) is 3.59. The van der Waals surface area contributed by atoms with Crippen LogP contribution in [0.5, 0.6) is 0 Å². The number of nitrogens with zero attached hydrogens (tertiary/aromatic N) is 1. The van der Waals surface area contributed by atoms with E-state index < -0.39 is 0 Å². The summed E-state index contributed by atoms with van der Waals surface area (Å²) in [6.45, 7) is 5.31. The number of aliphatic hydroxyl groups is 1. The lowest BCUT2D eigenvalue weighted by Gasteiger charge is -2.24. The molecule has 1 atom stereocenters. The largest absolute Gasteiger partial charge is 0.469 e. The number of rotatable bonds is 8. The SMILES string of the molecule is CCNC(=NCC1(CCO)CCOC1)NCCC(=O)OC.I. The fourth-order valence-corrected chi connectivity index (χ4v) is 2.26. The first-order valence-corrected chi connectivity index (χ1v) is 7.43. The van der Waals surface area contributed by atoms with Crippen LogP contribution in [0.25, 0.3) is 0 Å². The summed E-state index contributed by atoms with van der Waals surface area (Å²) in [5.41, 5.74) is -0.0700. The highest BCUT2D eigenvalue weighted by molar-refractivity contribution is 14.0. The molecule has 130 valence electrons. The van der Waals surface area contributed by atoms with Crippen molar-refractivity contribution < 1.29 is 19.4 Å². The Morgan fingerprint density at radius 1 is 1.45 bits per heavy atom. The molecule has 1 saturated heterocycles. The Hall–Kier alpha value is -0.610. The Morgan fingerprint density at radius 2 is 2.23 bits per heavy atom. The van der Waals surface area contributed by atoms with Crippen molar-refractivity contribution in [3.63, 3.8) is 0 Å². The van der Waals surface area contributed by atoms with Crippen molar-refractivity contribution in [1.82, 2.24) is 10.6 Å². The minimum absolute atomic E-state index is 0. The molecule has 1 unspecified atom stereocenters. The second-order valence-corrected chi connectivity index (χ2v) is 5.22. The molecule has 0 bridgehead atoms. The van der Waals surface area contributed by atoms with E-state index in [0.29, 0.717) is 38.5 Å². The molecule has 0 radical (unpaired) electrons. The Bertz CT molecular complexity index is 347. The monoisotopic (exact) mass is 429 g/mol. The van der Waals surface area contributed by atoms with E-state index in [1.165, 1.54) is 7.11 Å². The molecule has 1 aliphatic rings. The molecule has 1 fully saturated rings. The van der Waals surface area contributed by atoms with Gasteiger partial charge in [-0.2, -0.15) is 0 Å². The highest BCUT2D eigenvalue weighted by Gasteiger charge is 2.34. The highest BCUT2D eigenvalue weighted by Crippen LogP contribution is 2.32. The number of nitrogens with one attached hydrogen (secondary N) is 2. The van der Waals surface area contributed by atoms with Crippen LogP contribution < -0.4 is 10.6 Å². The van der Waals surface area contributed by atoms with Gasteiger partial charge in [0.15, 0.2) is 5.96 Å². The summed E-state index contributed by atoms with van der Waals surface area (Å²) in [7, 11) is 1.38. The molecule has 0 aromatic heterocycles. The molecule has 0 spiro atoms. The van der Waals surface area contributed by atoms with Gasteiger partial charge in [0.2, 0.25) is 0 Å². The number of esters is 1. The van der Waals surface area contributed by atoms with Gasteiger partial charge in [0.25, 0.3) is 0 Å². The number of hydrogen-bond donors (Lipinski definition) is 3. The summed E-state index contributed by atoms with van der Waals surface area (Å²) in [6.07, 6.45) is 1.91. The van der Waals surface area contributed by atoms with Gasteiger partial charge < -0.3 is 25.2 Å². The van der Waals surface area contributed by atoms with Gasteiger partial charge in [-0.25, -0.2) is 0 Å². The molecule has 7 nitrogen and oxygen atoms in total. The Morgan fingerprint density at radius 3 is 2.77 bits per heavy atom. The zero-order chi connectivity index (χ0) is 15.6. The van der Waals surface area contributed by atoms with Crippen LogP contribution in [0.2, 0.25) is 0 Å². The van der Waals surface area contributed by atoms with E-state index >= 15 is 0 Å². The average molecular weight is 429 g/mol. The van der Waals surface area contributed by atoms with Crippen molar-refractivity contribution in [2.24, 2.45) is 10.4 Å². The number of carbonyl (C=O) groups is 1. The predicted molar refractivity (Wildman–Crippen MR) is 95.6 cm³/mol. The number of hydrogen-bond acceptors (Lipinski definition) is 5. The maximum Gasteiger partial charge on any atom is 0.307 e. The number of carbonyl (C=O) groups excluding carboxylic acids is 1. The van der Waals surface area contributed by atoms with E-state index in [4.69, 9.17) is 4.74 Å². The van der Waals surface area contributed by atoms with E-state index in [-0.39, 0.29) is 42.0 Å². The molecule has 3 N–H and O–H groups in total. The first-order chi connectivity index (χ1) is 10.2. The molecule has 0 aliphatic carbocycles. The Labute approximate surface area is 149 Å². The highest BCUT2D eigenvalue weighted by atomic mass is 127. The summed E-state index contributed by atoms with van der Waals surface area (Å²) in [5, 5.41) is 15.4. The zero-order valence-electron chi connectivity index (χ0n) is 13.4. The number of aliphatic hydroxyl groups excluding tert-OH is 1. The lowest BCUT2D eigenvalue weighted by atomic mass is 9.84. The van der Waals surface area contributed by atoms with Crippen LogP contribution in [0.4, 0.5) is 0 Å². The third kappa shape index (κ3) is 7.59. The fourth-order valence-electron chi connectivity index (χ4n) is 2.26. The first-order valence-electron chi connectivity index (χ1n) is 7.43. The zero-order valence-corrected chi connectivity index (χ0v) is 15.7. The summed E-state index contributed by atoms with van der Waals surface area (Å²) >= 11 is 0. The van der Waals surface area contributed by atoms with Gasteiger partial charge in [-0.15, -0.1) is 24.0 Å². The summed E-state index contributed by atoms with van der Waals surface area (Å²) < 4.78 is 10.0. The van der Waals surface area contributed by atoms with Crippen LogP contribution in [0.1, 0.15) is 26.2 Å². The van der Waals surface area contributed by atoms with Crippen molar-refractivity contribution >= 4 is 35.9 Å². The Balaban J connectivity index is 0.00000441. The minimum atomic E-state index is -0.251. The standard InChI is InChI=1S/C14H27N3O4.HI/c1-3-15-13(16-7-4-12(19)20-2)17-10-14(5-8-18)6-9-21-11-14;/h18H,3-11H2,1-2H3,(H2,15,16,17);1H. The quantitative estimate of drug-likeness (QED) is 0.226. The smallest absolute Gasteiger partial charge is 0.307 e. The van der Waals surface area contributed by atoms with E-state index in [1.54, 1.807) is 0 Å². The number of halogens is 1. The number of ether oxygens (including phenoxy) is 2.